The van der Waals surface area contributed by atoms with E-state index in [2.05, 4.69) is 19.1 Å². The molecule has 1 aliphatic rings. The topological polar surface area (TPSA) is 43.4 Å². The molecular weight excluding hydrogens is 308 g/mol. The predicted octanol–water partition coefficient (Wildman–Crippen LogP) is 4.45. The van der Waals surface area contributed by atoms with Gasteiger partial charge in [0, 0.05) is 0 Å². The highest BCUT2D eigenvalue weighted by Gasteiger charge is 2.31. The predicted molar refractivity (Wildman–Crippen MR) is 95.9 cm³/mol. The summed E-state index contributed by atoms with van der Waals surface area (Å²) in [7, 11) is -2.92. The third-order valence-electron chi connectivity index (χ3n) is 4.62. The lowest BCUT2D eigenvalue weighted by Crippen LogP contribution is -2.31. The van der Waals surface area contributed by atoms with E-state index in [4.69, 9.17) is 4.74 Å². The molecule has 0 amide bonds. The van der Waals surface area contributed by atoms with Crippen molar-refractivity contribution in [1.29, 1.82) is 0 Å². The first-order valence-electron chi connectivity index (χ1n) is 8.45. The first-order chi connectivity index (χ1) is 10.9. The second kappa shape index (κ2) is 8.00. The van der Waals surface area contributed by atoms with Gasteiger partial charge >= 0.3 is 0 Å². The van der Waals surface area contributed by atoms with Gasteiger partial charge in [-0.1, -0.05) is 50.1 Å². The number of hydrogen-bond donors (Lipinski definition) is 0. The number of benzene rings is 1. The highest BCUT2D eigenvalue weighted by molar-refractivity contribution is 7.91. The first-order valence-corrected chi connectivity index (χ1v) is 10.3. The van der Waals surface area contributed by atoms with Gasteiger partial charge in [-0.25, -0.2) is 8.42 Å². The van der Waals surface area contributed by atoms with Crippen LogP contribution in [0.4, 0.5) is 0 Å². The molecule has 0 bridgehead atoms. The average Bonchev–Trinajstić information content (AvgIpc) is 2.50. The van der Waals surface area contributed by atoms with Crippen molar-refractivity contribution in [2.45, 2.75) is 46.0 Å². The van der Waals surface area contributed by atoms with E-state index in [0.717, 1.165) is 43.2 Å². The molecule has 0 saturated carbocycles. The Labute approximate surface area is 140 Å². The van der Waals surface area contributed by atoms with E-state index < -0.39 is 9.84 Å². The van der Waals surface area contributed by atoms with Crippen LogP contribution in [0.5, 0.6) is 0 Å². The fourth-order valence-electron chi connectivity index (χ4n) is 3.18. The number of rotatable bonds is 5. The molecule has 128 valence electrons. The number of allylic oxidation sites excluding steroid dienone is 1. The van der Waals surface area contributed by atoms with Gasteiger partial charge in [-0.3, -0.25) is 0 Å². The zero-order valence-electron chi connectivity index (χ0n) is 14.3. The zero-order valence-corrected chi connectivity index (χ0v) is 15.1. The van der Waals surface area contributed by atoms with E-state index in [1.807, 2.05) is 25.1 Å². The summed E-state index contributed by atoms with van der Waals surface area (Å²) in [5, 5.41) is 0. The van der Waals surface area contributed by atoms with Gasteiger partial charge in [0.1, 0.15) is 0 Å². The lowest BCUT2D eigenvalue weighted by atomic mass is 9.83. The van der Waals surface area contributed by atoms with Crippen LogP contribution in [0.2, 0.25) is 0 Å². The van der Waals surface area contributed by atoms with Crippen LogP contribution in [0.1, 0.15) is 51.5 Å². The van der Waals surface area contributed by atoms with Crippen molar-refractivity contribution in [3.63, 3.8) is 0 Å². The van der Waals surface area contributed by atoms with E-state index >= 15 is 0 Å². The fraction of sp³-hybridized carbons (Fsp3) is 0.579. The molecule has 1 unspecified atom stereocenters. The average molecular weight is 336 g/mol. The van der Waals surface area contributed by atoms with Gasteiger partial charge in [0.25, 0.3) is 0 Å². The SMILES string of the molecule is C/C(=C/OCCC1(C)CCCCCS(=O)(=O)C1)c1ccccc1. The second-order valence-electron chi connectivity index (χ2n) is 7.00. The Kier molecular flexibility index (Phi) is 6.28. The largest absolute Gasteiger partial charge is 0.501 e. The standard InChI is InChI=1S/C19H28O3S/c1-17(18-9-5-3-6-10-18)15-22-13-12-19(2)11-7-4-8-14-23(20,21)16-19/h3,5-6,9-10,15H,4,7-8,11-14,16H2,1-2H3/b17-15-. The molecule has 2 rings (SSSR count). The van der Waals surface area contributed by atoms with Crippen LogP contribution in [-0.4, -0.2) is 26.5 Å². The normalized spacial score (nSPS) is 25.4. The monoisotopic (exact) mass is 336 g/mol. The maximum absolute atomic E-state index is 12.1. The van der Waals surface area contributed by atoms with Crippen molar-refractivity contribution < 1.29 is 13.2 Å². The van der Waals surface area contributed by atoms with Gasteiger partial charge < -0.3 is 4.74 Å². The van der Waals surface area contributed by atoms with Gasteiger partial charge in [0.05, 0.1) is 24.4 Å². The quantitative estimate of drug-likeness (QED) is 0.589. The highest BCUT2D eigenvalue weighted by atomic mass is 32.2. The lowest BCUT2D eigenvalue weighted by Gasteiger charge is -2.31. The van der Waals surface area contributed by atoms with Gasteiger partial charge in [0.15, 0.2) is 9.84 Å². The van der Waals surface area contributed by atoms with E-state index in [-0.39, 0.29) is 5.41 Å². The summed E-state index contributed by atoms with van der Waals surface area (Å²) in [6, 6.07) is 10.1. The van der Waals surface area contributed by atoms with Crippen LogP contribution in [-0.2, 0) is 14.6 Å². The molecule has 0 N–H and O–H groups in total. The van der Waals surface area contributed by atoms with Crippen LogP contribution in [0, 0.1) is 5.41 Å². The minimum atomic E-state index is -2.92. The molecule has 0 aliphatic carbocycles. The molecule has 0 aromatic heterocycles. The molecule has 1 aromatic carbocycles. The van der Waals surface area contributed by atoms with Gasteiger partial charge in [-0.15, -0.1) is 0 Å². The summed E-state index contributed by atoms with van der Waals surface area (Å²) < 4.78 is 29.9. The molecule has 1 aromatic rings. The number of hydrogen-bond acceptors (Lipinski definition) is 3. The molecule has 1 atom stereocenters. The second-order valence-corrected chi connectivity index (χ2v) is 9.19. The van der Waals surface area contributed by atoms with Crippen molar-refractivity contribution >= 4 is 15.4 Å². The minimum Gasteiger partial charge on any atom is -0.501 e. The van der Waals surface area contributed by atoms with Crippen molar-refractivity contribution in [3.8, 4) is 0 Å². The highest BCUT2D eigenvalue weighted by Crippen LogP contribution is 2.33. The molecule has 23 heavy (non-hydrogen) atoms. The summed E-state index contributed by atoms with van der Waals surface area (Å²) in [6.45, 7) is 4.68. The maximum atomic E-state index is 12.1. The molecule has 0 spiro atoms. The third kappa shape index (κ3) is 6.02. The summed E-state index contributed by atoms with van der Waals surface area (Å²) in [6.07, 6.45) is 6.49. The third-order valence-corrected chi connectivity index (χ3v) is 6.66. The summed E-state index contributed by atoms with van der Waals surface area (Å²) in [4.78, 5) is 0. The molecule has 3 nitrogen and oxygen atoms in total. The Morgan fingerprint density at radius 1 is 1.22 bits per heavy atom. The Morgan fingerprint density at radius 2 is 1.96 bits per heavy atom. The Hall–Kier alpha value is -1.29. The molecule has 0 radical (unpaired) electrons. The van der Waals surface area contributed by atoms with Crippen LogP contribution in [0.3, 0.4) is 0 Å². The minimum absolute atomic E-state index is 0.159. The number of sulfone groups is 1. The van der Waals surface area contributed by atoms with Gasteiger partial charge in [0.2, 0.25) is 0 Å². The Balaban J connectivity index is 1.88. The van der Waals surface area contributed by atoms with E-state index in [0.29, 0.717) is 18.1 Å². The lowest BCUT2D eigenvalue weighted by molar-refractivity contribution is 0.179. The summed E-state index contributed by atoms with van der Waals surface area (Å²) in [5.74, 6) is 0.640. The van der Waals surface area contributed by atoms with E-state index in [1.54, 1.807) is 6.26 Å². The Morgan fingerprint density at radius 3 is 2.70 bits per heavy atom. The number of ether oxygens (including phenoxy) is 1. The fourth-order valence-corrected chi connectivity index (χ4v) is 5.32. The molecule has 1 heterocycles. The van der Waals surface area contributed by atoms with Crippen LogP contribution >= 0.6 is 0 Å². The molecule has 1 saturated heterocycles. The molecular formula is C19H28O3S. The Bertz CT molecular complexity index is 619. The van der Waals surface area contributed by atoms with E-state index in [1.165, 1.54) is 0 Å². The van der Waals surface area contributed by atoms with Crippen molar-refractivity contribution in [2.75, 3.05) is 18.1 Å². The maximum Gasteiger partial charge on any atom is 0.150 e. The van der Waals surface area contributed by atoms with Crippen LogP contribution < -0.4 is 0 Å². The van der Waals surface area contributed by atoms with Crippen LogP contribution in [0.15, 0.2) is 36.6 Å². The first kappa shape index (κ1) is 18.1. The van der Waals surface area contributed by atoms with Crippen molar-refractivity contribution in [1.82, 2.24) is 0 Å². The smallest absolute Gasteiger partial charge is 0.150 e. The summed E-state index contributed by atoms with van der Waals surface area (Å²) in [5.41, 5.74) is 2.07. The van der Waals surface area contributed by atoms with Crippen molar-refractivity contribution in [2.24, 2.45) is 5.41 Å². The molecule has 1 fully saturated rings. The van der Waals surface area contributed by atoms with Crippen LogP contribution in [0.25, 0.3) is 5.57 Å². The molecule has 4 heteroatoms. The summed E-state index contributed by atoms with van der Waals surface area (Å²) >= 11 is 0. The zero-order chi connectivity index (χ0) is 16.8. The molecule has 1 aliphatic heterocycles. The van der Waals surface area contributed by atoms with Gasteiger partial charge in [-0.2, -0.15) is 0 Å². The van der Waals surface area contributed by atoms with Gasteiger partial charge in [-0.05, 0) is 42.7 Å². The van der Waals surface area contributed by atoms with E-state index in [9.17, 15) is 8.42 Å². The van der Waals surface area contributed by atoms with Crippen molar-refractivity contribution in [3.05, 3.63) is 42.2 Å².